The van der Waals surface area contributed by atoms with Gasteiger partial charge in [0.2, 0.25) is 21.8 Å². The third kappa shape index (κ3) is 4.78. The number of nitrogens with one attached hydrogen (secondary N) is 2. The summed E-state index contributed by atoms with van der Waals surface area (Å²) in [6, 6.07) is 6.17. The molecule has 1 aromatic rings. The molecule has 2 rings (SSSR count). The summed E-state index contributed by atoms with van der Waals surface area (Å²) >= 11 is 0. The monoisotopic (exact) mass is 353 g/mol. The number of hydrogen-bond acceptors (Lipinski definition) is 4. The van der Waals surface area contributed by atoms with E-state index in [2.05, 4.69) is 10.6 Å². The quantitative estimate of drug-likeness (QED) is 0.831. The summed E-state index contributed by atoms with van der Waals surface area (Å²) in [6.45, 7) is 4.36. The average molecular weight is 353 g/mol. The highest BCUT2D eigenvalue weighted by atomic mass is 32.2. The highest BCUT2D eigenvalue weighted by Gasteiger charge is 2.29. The summed E-state index contributed by atoms with van der Waals surface area (Å²) in [5.74, 6) is 0.0404. The Balaban J connectivity index is 1.98. The van der Waals surface area contributed by atoms with Crippen molar-refractivity contribution < 1.29 is 18.0 Å². The maximum Gasteiger partial charge on any atom is 0.243 e. The van der Waals surface area contributed by atoms with Crippen LogP contribution in [-0.2, 0) is 19.6 Å². The Morgan fingerprint density at radius 3 is 2.17 bits per heavy atom. The lowest BCUT2D eigenvalue weighted by Gasteiger charge is -2.31. The van der Waals surface area contributed by atoms with Crippen molar-refractivity contribution in [1.82, 2.24) is 9.62 Å². The van der Waals surface area contributed by atoms with Gasteiger partial charge in [0, 0.05) is 39.2 Å². The lowest BCUT2D eigenvalue weighted by Crippen LogP contribution is -2.41. The maximum atomic E-state index is 12.7. The molecule has 0 atom stereocenters. The van der Waals surface area contributed by atoms with E-state index in [1.807, 2.05) is 0 Å². The molecule has 0 aliphatic carbocycles. The van der Waals surface area contributed by atoms with E-state index in [0.717, 1.165) is 12.8 Å². The first-order chi connectivity index (χ1) is 11.3. The van der Waals surface area contributed by atoms with Crippen molar-refractivity contribution in [3.63, 3.8) is 0 Å². The van der Waals surface area contributed by atoms with E-state index in [4.69, 9.17) is 0 Å². The second-order valence-electron chi connectivity index (χ2n) is 5.99. The van der Waals surface area contributed by atoms with Crippen LogP contribution in [0.25, 0.3) is 0 Å². The Bertz CT molecular complexity index is 693. The Morgan fingerprint density at radius 2 is 1.67 bits per heavy atom. The van der Waals surface area contributed by atoms with E-state index >= 15 is 0 Å². The molecule has 132 valence electrons. The van der Waals surface area contributed by atoms with Crippen molar-refractivity contribution in [2.45, 2.75) is 31.6 Å². The Labute approximate surface area is 142 Å². The van der Waals surface area contributed by atoms with Crippen LogP contribution in [0.4, 0.5) is 5.69 Å². The Kier molecular flexibility index (Phi) is 5.95. The Hall–Kier alpha value is -1.93. The molecule has 8 heteroatoms. The van der Waals surface area contributed by atoms with E-state index in [9.17, 15) is 18.0 Å². The summed E-state index contributed by atoms with van der Waals surface area (Å²) in [6.07, 6.45) is 1.45. The molecule has 1 saturated heterocycles. The number of amides is 2. The number of carbonyl (C=O) groups is 2. The van der Waals surface area contributed by atoms with Gasteiger partial charge >= 0.3 is 0 Å². The number of carbonyl (C=O) groups excluding carboxylic acids is 2. The van der Waals surface area contributed by atoms with Crippen LogP contribution >= 0.6 is 0 Å². The van der Waals surface area contributed by atoms with Gasteiger partial charge in [0.1, 0.15) is 0 Å². The minimum atomic E-state index is -3.53. The third-order valence-electron chi connectivity index (χ3n) is 4.03. The second kappa shape index (κ2) is 7.76. The van der Waals surface area contributed by atoms with Gasteiger partial charge in [0.05, 0.1) is 4.90 Å². The van der Waals surface area contributed by atoms with Gasteiger partial charge in [-0.1, -0.05) is 0 Å². The number of anilines is 1. The fraction of sp³-hybridized carbons (Fsp3) is 0.500. The molecule has 0 unspecified atom stereocenters. The zero-order valence-corrected chi connectivity index (χ0v) is 14.7. The summed E-state index contributed by atoms with van der Waals surface area (Å²) in [7, 11) is -3.53. The van der Waals surface area contributed by atoms with Crippen LogP contribution in [0.3, 0.4) is 0 Å². The lowest BCUT2D eigenvalue weighted by molar-refractivity contribution is -0.119. The summed E-state index contributed by atoms with van der Waals surface area (Å²) in [5.41, 5.74) is 0.565. The number of piperidine rings is 1. The number of sulfonamides is 1. The van der Waals surface area contributed by atoms with E-state index in [1.165, 1.54) is 30.3 Å². The predicted molar refractivity (Wildman–Crippen MR) is 90.9 cm³/mol. The summed E-state index contributed by atoms with van der Waals surface area (Å²) in [5, 5.41) is 5.39. The zero-order chi connectivity index (χ0) is 17.7. The topological polar surface area (TPSA) is 95.6 Å². The van der Waals surface area contributed by atoms with Crippen LogP contribution in [-0.4, -0.2) is 44.2 Å². The van der Waals surface area contributed by atoms with Gasteiger partial charge in [-0.2, -0.15) is 4.31 Å². The van der Waals surface area contributed by atoms with Gasteiger partial charge in [-0.3, -0.25) is 9.59 Å². The molecule has 1 aromatic carbocycles. The molecule has 0 aromatic heterocycles. The Morgan fingerprint density at radius 1 is 1.08 bits per heavy atom. The molecule has 24 heavy (non-hydrogen) atoms. The average Bonchev–Trinajstić information content (AvgIpc) is 2.53. The van der Waals surface area contributed by atoms with Crippen LogP contribution in [0.5, 0.6) is 0 Å². The standard InChI is InChI=1S/C16H23N3O4S/c1-12(20)17-11-14-7-9-19(10-8-14)24(22,23)16-5-3-15(4-6-16)18-13(2)21/h3-6,14H,7-11H2,1-2H3,(H,17,20)(H,18,21). The highest BCUT2D eigenvalue weighted by Crippen LogP contribution is 2.24. The first-order valence-electron chi connectivity index (χ1n) is 7.91. The molecule has 1 aliphatic rings. The summed E-state index contributed by atoms with van der Waals surface area (Å²) in [4.78, 5) is 22.2. The van der Waals surface area contributed by atoms with Crippen LogP contribution in [0.1, 0.15) is 26.7 Å². The van der Waals surface area contributed by atoms with Crippen molar-refractivity contribution in [3.05, 3.63) is 24.3 Å². The van der Waals surface area contributed by atoms with Gasteiger partial charge < -0.3 is 10.6 Å². The zero-order valence-electron chi connectivity index (χ0n) is 13.9. The lowest BCUT2D eigenvalue weighted by atomic mass is 9.98. The van der Waals surface area contributed by atoms with E-state index < -0.39 is 10.0 Å². The van der Waals surface area contributed by atoms with Gasteiger partial charge in [0.15, 0.2) is 0 Å². The van der Waals surface area contributed by atoms with Gasteiger partial charge in [0.25, 0.3) is 0 Å². The van der Waals surface area contributed by atoms with Crippen LogP contribution in [0.2, 0.25) is 0 Å². The van der Waals surface area contributed by atoms with E-state index in [-0.39, 0.29) is 16.7 Å². The number of nitrogens with zero attached hydrogens (tertiary/aromatic N) is 1. The fourth-order valence-electron chi connectivity index (χ4n) is 2.70. The fourth-order valence-corrected chi connectivity index (χ4v) is 4.17. The second-order valence-corrected chi connectivity index (χ2v) is 7.93. The van der Waals surface area contributed by atoms with Crippen LogP contribution < -0.4 is 10.6 Å². The minimum Gasteiger partial charge on any atom is -0.356 e. The largest absolute Gasteiger partial charge is 0.356 e. The molecule has 0 spiro atoms. The van der Waals surface area contributed by atoms with Crippen molar-refractivity contribution in [2.75, 3.05) is 25.0 Å². The molecule has 0 radical (unpaired) electrons. The van der Waals surface area contributed by atoms with Crippen molar-refractivity contribution in [3.8, 4) is 0 Å². The smallest absolute Gasteiger partial charge is 0.243 e. The number of hydrogen-bond donors (Lipinski definition) is 2. The first-order valence-corrected chi connectivity index (χ1v) is 9.35. The van der Waals surface area contributed by atoms with Crippen molar-refractivity contribution >= 4 is 27.5 Å². The number of rotatable bonds is 5. The van der Waals surface area contributed by atoms with Crippen LogP contribution in [0.15, 0.2) is 29.2 Å². The van der Waals surface area contributed by atoms with E-state index in [0.29, 0.717) is 31.2 Å². The molecular formula is C16H23N3O4S. The molecule has 7 nitrogen and oxygen atoms in total. The molecule has 0 bridgehead atoms. The molecule has 0 saturated carbocycles. The molecule has 1 aliphatic heterocycles. The van der Waals surface area contributed by atoms with Gasteiger partial charge in [-0.25, -0.2) is 8.42 Å². The molecule has 2 amide bonds. The minimum absolute atomic E-state index is 0.0655. The van der Waals surface area contributed by atoms with Crippen molar-refractivity contribution in [2.24, 2.45) is 5.92 Å². The van der Waals surface area contributed by atoms with E-state index in [1.54, 1.807) is 12.1 Å². The summed E-state index contributed by atoms with van der Waals surface area (Å²) < 4.78 is 26.8. The first kappa shape index (κ1) is 18.4. The van der Waals surface area contributed by atoms with Crippen molar-refractivity contribution in [1.29, 1.82) is 0 Å². The number of benzene rings is 1. The normalized spacial score (nSPS) is 16.6. The van der Waals surface area contributed by atoms with Crippen LogP contribution in [0, 0.1) is 5.92 Å². The molecule has 1 fully saturated rings. The molecule has 1 heterocycles. The third-order valence-corrected chi connectivity index (χ3v) is 5.94. The molecule has 2 N–H and O–H groups in total. The SMILES string of the molecule is CC(=O)NCC1CCN(S(=O)(=O)c2ccc(NC(C)=O)cc2)CC1. The highest BCUT2D eigenvalue weighted by molar-refractivity contribution is 7.89. The van der Waals surface area contributed by atoms with Gasteiger partial charge in [-0.15, -0.1) is 0 Å². The van der Waals surface area contributed by atoms with Gasteiger partial charge in [-0.05, 0) is 43.0 Å². The predicted octanol–water partition coefficient (Wildman–Crippen LogP) is 1.18. The molecular weight excluding hydrogens is 330 g/mol. The maximum absolute atomic E-state index is 12.7.